The molecule has 0 spiro atoms. The number of rotatable bonds is 3. The van der Waals surface area contributed by atoms with Crippen molar-refractivity contribution in [1.82, 2.24) is 9.97 Å². The van der Waals surface area contributed by atoms with E-state index >= 15 is 0 Å². The van der Waals surface area contributed by atoms with Gasteiger partial charge in [0.05, 0.1) is 64.4 Å². The van der Waals surface area contributed by atoms with Crippen LogP contribution in [0.4, 0.5) is 30.2 Å². The van der Waals surface area contributed by atoms with Crippen molar-refractivity contribution in [1.29, 1.82) is 5.26 Å². The molecular weight excluding hydrogens is 451 g/mol. The zero-order chi connectivity index (χ0) is 25.0. The van der Waals surface area contributed by atoms with Crippen molar-refractivity contribution < 1.29 is 13.2 Å². The van der Waals surface area contributed by atoms with Gasteiger partial charge < -0.3 is 9.80 Å². The van der Waals surface area contributed by atoms with Crippen LogP contribution in [0.15, 0.2) is 67.0 Å². The molecule has 0 unspecified atom stereocenters. The van der Waals surface area contributed by atoms with Crippen molar-refractivity contribution in [2.24, 2.45) is 0 Å². The summed E-state index contributed by atoms with van der Waals surface area (Å²) >= 11 is 0. The molecule has 0 saturated carbocycles. The molecule has 1 aliphatic heterocycles. The van der Waals surface area contributed by atoms with E-state index in [2.05, 4.69) is 25.8 Å². The van der Waals surface area contributed by atoms with Crippen molar-refractivity contribution in [2.45, 2.75) is 25.4 Å². The lowest BCUT2D eigenvalue weighted by Gasteiger charge is -2.22. The standard InChI is InChI=1S/C27H22F3N5/c1-26(2,15-31)24-10-8-20(13-33-24)35-16-34(3)23-14-32-22-9-7-18(12-21(22)25(23)35)17-5-4-6-19(11-17)27(28,29)30/h4-14H,16H2,1-3H3. The average Bonchev–Trinajstić information content (AvgIpc) is 3.20. The van der Waals surface area contributed by atoms with Gasteiger partial charge >= 0.3 is 6.18 Å². The van der Waals surface area contributed by atoms with Crippen LogP contribution in [0.1, 0.15) is 25.1 Å². The first-order valence-electron chi connectivity index (χ1n) is 11.1. The highest BCUT2D eigenvalue weighted by molar-refractivity contribution is 6.04. The minimum atomic E-state index is -4.41. The number of fused-ring (bicyclic) bond motifs is 3. The van der Waals surface area contributed by atoms with E-state index < -0.39 is 17.2 Å². The molecule has 0 saturated heterocycles. The molecule has 0 amide bonds. The van der Waals surface area contributed by atoms with Gasteiger partial charge in [-0.15, -0.1) is 0 Å². The van der Waals surface area contributed by atoms with Gasteiger partial charge in [-0.1, -0.05) is 18.2 Å². The van der Waals surface area contributed by atoms with Gasteiger partial charge in [-0.05, 0) is 61.4 Å². The molecule has 5 nitrogen and oxygen atoms in total. The summed E-state index contributed by atoms with van der Waals surface area (Å²) in [5.41, 5.74) is 3.90. The zero-order valence-corrected chi connectivity index (χ0v) is 19.4. The largest absolute Gasteiger partial charge is 0.416 e. The lowest BCUT2D eigenvalue weighted by Crippen LogP contribution is -2.24. The number of benzene rings is 2. The minimum absolute atomic E-state index is 0.488. The Kier molecular flexibility index (Phi) is 5.17. The number of anilines is 3. The molecule has 1 aliphatic rings. The Balaban J connectivity index is 1.63. The summed E-state index contributed by atoms with van der Waals surface area (Å²) in [6.07, 6.45) is -0.850. The van der Waals surface area contributed by atoms with Crippen molar-refractivity contribution >= 4 is 28.0 Å². The highest BCUT2D eigenvalue weighted by Crippen LogP contribution is 2.45. The Morgan fingerprint density at radius 3 is 2.40 bits per heavy atom. The maximum atomic E-state index is 13.3. The average molecular weight is 474 g/mol. The molecule has 8 heteroatoms. The van der Waals surface area contributed by atoms with Crippen LogP contribution in [0.3, 0.4) is 0 Å². The van der Waals surface area contributed by atoms with Crippen LogP contribution >= 0.6 is 0 Å². The molecule has 0 aliphatic carbocycles. The number of nitriles is 1. The van der Waals surface area contributed by atoms with Gasteiger partial charge in [0.25, 0.3) is 0 Å². The molecular formula is C27H22F3N5. The van der Waals surface area contributed by atoms with Crippen LogP contribution in [0.2, 0.25) is 0 Å². The predicted octanol–water partition coefficient (Wildman–Crippen LogP) is 6.66. The fourth-order valence-corrected chi connectivity index (χ4v) is 4.33. The Morgan fingerprint density at radius 1 is 0.943 bits per heavy atom. The van der Waals surface area contributed by atoms with Gasteiger partial charge in [-0.3, -0.25) is 9.97 Å². The van der Waals surface area contributed by atoms with E-state index in [0.717, 1.165) is 34.0 Å². The summed E-state index contributed by atoms with van der Waals surface area (Å²) in [5, 5.41) is 10.3. The molecule has 0 fully saturated rings. The minimum Gasteiger partial charge on any atom is -0.354 e. The maximum Gasteiger partial charge on any atom is 0.416 e. The van der Waals surface area contributed by atoms with Gasteiger partial charge in [-0.25, -0.2) is 0 Å². The Morgan fingerprint density at radius 2 is 1.71 bits per heavy atom. The summed E-state index contributed by atoms with van der Waals surface area (Å²) in [4.78, 5) is 13.3. The number of nitrogens with zero attached hydrogens (tertiary/aromatic N) is 5. The second-order valence-corrected chi connectivity index (χ2v) is 9.21. The molecule has 0 atom stereocenters. The fourth-order valence-electron chi connectivity index (χ4n) is 4.33. The molecule has 176 valence electrons. The number of pyridine rings is 2. The van der Waals surface area contributed by atoms with Crippen molar-refractivity contribution in [2.75, 3.05) is 23.5 Å². The molecule has 3 heterocycles. The van der Waals surface area contributed by atoms with E-state index in [0.29, 0.717) is 23.5 Å². The summed E-state index contributed by atoms with van der Waals surface area (Å²) in [6, 6.07) is 16.9. The van der Waals surface area contributed by atoms with Crippen LogP contribution in [-0.4, -0.2) is 23.7 Å². The highest BCUT2D eigenvalue weighted by Gasteiger charge is 2.31. The number of halogens is 3. The number of aromatic nitrogens is 2. The van der Waals surface area contributed by atoms with Gasteiger partial charge in [0, 0.05) is 12.4 Å². The van der Waals surface area contributed by atoms with E-state index in [4.69, 9.17) is 0 Å². The van der Waals surface area contributed by atoms with Gasteiger partial charge in [-0.2, -0.15) is 18.4 Å². The molecule has 2 aromatic heterocycles. The zero-order valence-electron chi connectivity index (χ0n) is 19.4. The molecule has 0 radical (unpaired) electrons. The lowest BCUT2D eigenvalue weighted by atomic mass is 9.91. The number of alkyl halides is 3. The van der Waals surface area contributed by atoms with Crippen molar-refractivity contribution in [3.05, 3.63) is 78.2 Å². The van der Waals surface area contributed by atoms with Crippen LogP contribution in [0, 0.1) is 11.3 Å². The second-order valence-electron chi connectivity index (χ2n) is 9.21. The van der Waals surface area contributed by atoms with Crippen LogP contribution in [0.5, 0.6) is 0 Å². The first kappa shape index (κ1) is 22.7. The predicted molar refractivity (Wildman–Crippen MR) is 130 cm³/mol. The molecule has 2 aromatic carbocycles. The number of hydrogen-bond donors (Lipinski definition) is 0. The Bertz CT molecular complexity index is 1470. The first-order valence-corrected chi connectivity index (χ1v) is 11.1. The summed E-state index contributed by atoms with van der Waals surface area (Å²) in [5.74, 6) is 0. The van der Waals surface area contributed by atoms with E-state index in [1.54, 1.807) is 18.3 Å². The summed E-state index contributed by atoms with van der Waals surface area (Å²) in [7, 11) is 1.96. The maximum absolute atomic E-state index is 13.3. The third kappa shape index (κ3) is 3.93. The lowest BCUT2D eigenvalue weighted by molar-refractivity contribution is -0.137. The third-order valence-corrected chi connectivity index (χ3v) is 6.36. The van der Waals surface area contributed by atoms with Gasteiger partial charge in [0.15, 0.2) is 0 Å². The number of hydrogen-bond acceptors (Lipinski definition) is 5. The smallest absolute Gasteiger partial charge is 0.354 e. The monoisotopic (exact) mass is 473 g/mol. The summed E-state index contributed by atoms with van der Waals surface area (Å²) in [6.45, 7) is 4.21. The van der Waals surface area contributed by atoms with Gasteiger partial charge in [0.2, 0.25) is 0 Å². The molecule has 4 aromatic rings. The molecule has 5 rings (SSSR count). The molecule has 0 N–H and O–H groups in total. The van der Waals surface area contributed by atoms with E-state index in [1.165, 1.54) is 12.1 Å². The van der Waals surface area contributed by atoms with E-state index in [-0.39, 0.29) is 0 Å². The van der Waals surface area contributed by atoms with Crippen LogP contribution < -0.4 is 9.80 Å². The first-order chi connectivity index (χ1) is 16.6. The Hall–Kier alpha value is -4.12. The van der Waals surface area contributed by atoms with E-state index in [1.807, 2.05) is 51.4 Å². The molecule has 35 heavy (non-hydrogen) atoms. The topological polar surface area (TPSA) is 56.0 Å². The van der Waals surface area contributed by atoms with Crippen molar-refractivity contribution in [3.8, 4) is 17.2 Å². The normalized spacial score (nSPS) is 13.7. The second kappa shape index (κ2) is 7.98. The Labute approximate surface area is 201 Å². The fraction of sp³-hybridized carbons (Fsp3) is 0.222. The quantitative estimate of drug-likeness (QED) is 0.333. The molecule has 0 bridgehead atoms. The van der Waals surface area contributed by atoms with Crippen LogP contribution in [0.25, 0.3) is 22.0 Å². The highest BCUT2D eigenvalue weighted by atomic mass is 19.4. The van der Waals surface area contributed by atoms with Gasteiger partial charge in [0.1, 0.15) is 0 Å². The SMILES string of the molecule is CN1CN(c2ccc(C(C)(C)C#N)nc2)c2c1cnc1ccc(-c3cccc(C(F)(F)F)c3)cc21. The summed E-state index contributed by atoms with van der Waals surface area (Å²) < 4.78 is 39.8. The van der Waals surface area contributed by atoms with Crippen LogP contribution in [-0.2, 0) is 11.6 Å². The van der Waals surface area contributed by atoms with Crippen molar-refractivity contribution in [3.63, 3.8) is 0 Å². The third-order valence-electron chi connectivity index (χ3n) is 6.36. The van der Waals surface area contributed by atoms with E-state index in [9.17, 15) is 18.4 Å².